The van der Waals surface area contributed by atoms with E-state index in [4.69, 9.17) is 17.3 Å². The maximum atomic E-state index is 10.9. The molecule has 0 fully saturated rings. The van der Waals surface area contributed by atoms with Crippen LogP contribution >= 0.6 is 11.6 Å². The summed E-state index contributed by atoms with van der Waals surface area (Å²) in [6.07, 6.45) is 0.509. The van der Waals surface area contributed by atoms with E-state index in [0.717, 1.165) is 5.56 Å². The van der Waals surface area contributed by atoms with Crippen LogP contribution in [0.2, 0.25) is 5.02 Å². The topological polar surface area (TPSA) is 43.1 Å². The number of carbonyl (C=O) groups excluding carboxylic acids is 1. The third kappa shape index (κ3) is 2.83. The van der Waals surface area contributed by atoms with Crippen molar-refractivity contribution < 1.29 is 4.79 Å². The fraction of sp³-hybridized carbons (Fsp3) is 0.300. The number of rotatable bonds is 3. The molecule has 1 rings (SSSR count). The number of Topliss-reactive ketones (excluding diaryl/α,β-unsaturated/α-hetero) is 1. The zero-order valence-corrected chi connectivity index (χ0v) is 8.21. The van der Waals surface area contributed by atoms with Gasteiger partial charge in [-0.2, -0.15) is 0 Å². The van der Waals surface area contributed by atoms with Crippen molar-refractivity contribution in [3.8, 4) is 0 Å². The summed E-state index contributed by atoms with van der Waals surface area (Å²) in [4.78, 5) is 10.9. The summed E-state index contributed by atoms with van der Waals surface area (Å²) < 4.78 is 0. The van der Waals surface area contributed by atoms with E-state index >= 15 is 0 Å². The Labute approximate surface area is 82.7 Å². The average Bonchev–Trinajstić information content (AvgIpc) is 2.08. The van der Waals surface area contributed by atoms with Gasteiger partial charge in [-0.1, -0.05) is 29.8 Å². The Morgan fingerprint density at radius 2 is 2.15 bits per heavy atom. The maximum Gasteiger partial charge on any atom is 0.146 e. The van der Waals surface area contributed by atoms with Gasteiger partial charge < -0.3 is 5.73 Å². The fourth-order valence-corrected chi connectivity index (χ4v) is 1.26. The minimum absolute atomic E-state index is 0.0140. The van der Waals surface area contributed by atoms with Gasteiger partial charge in [-0.15, -0.1) is 0 Å². The second-order valence-corrected chi connectivity index (χ2v) is 3.42. The van der Waals surface area contributed by atoms with Crippen molar-refractivity contribution in [2.45, 2.75) is 19.4 Å². The zero-order chi connectivity index (χ0) is 9.84. The van der Waals surface area contributed by atoms with Crippen LogP contribution < -0.4 is 5.73 Å². The number of ketones is 1. The van der Waals surface area contributed by atoms with Crippen LogP contribution in [0.4, 0.5) is 0 Å². The summed E-state index contributed by atoms with van der Waals surface area (Å²) in [6.45, 7) is 1.49. The summed E-state index contributed by atoms with van der Waals surface area (Å²) in [6, 6.07) is 6.97. The van der Waals surface area contributed by atoms with Gasteiger partial charge in [0.2, 0.25) is 0 Å². The second kappa shape index (κ2) is 4.40. The second-order valence-electron chi connectivity index (χ2n) is 3.01. The molecule has 1 aromatic carbocycles. The lowest BCUT2D eigenvalue weighted by molar-refractivity contribution is -0.118. The van der Waals surface area contributed by atoms with E-state index in [1.807, 2.05) is 18.2 Å². The van der Waals surface area contributed by atoms with E-state index in [-0.39, 0.29) is 5.78 Å². The smallest absolute Gasteiger partial charge is 0.146 e. The molecule has 0 aliphatic heterocycles. The Hall–Kier alpha value is -0.860. The molecule has 2 nitrogen and oxygen atoms in total. The van der Waals surface area contributed by atoms with Crippen LogP contribution in [0.5, 0.6) is 0 Å². The molecule has 13 heavy (non-hydrogen) atoms. The Morgan fingerprint density at radius 1 is 1.54 bits per heavy atom. The highest BCUT2D eigenvalue weighted by Crippen LogP contribution is 2.16. The van der Waals surface area contributed by atoms with E-state index in [2.05, 4.69) is 0 Å². The Bertz CT molecular complexity index is 312. The predicted octanol–water partition coefficient (Wildman–Crippen LogP) is 1.80. The van der Waals surface area contributed by atoms with Crippen LogP contribution in [0, 0.1) is 0 Å². The number of benzene rings is 1. The molecule has 1 aromatic rings. The van der Waals surface area contributed by atoms with Crippen molar-refractivity contribution in [1.82, 2.24) is 0 Å². The van der Waals surface area contributed by atoms with Crippen molar-refractivity contribution in [1.29, 1.82) is 0 Å². The van der Waals surface area contributed by atoms with Crippen LogP contribution in [0.25, 0.3) is 0 Å². The number of carbonyl (C=O) groups is 1. The third-order valence-corrected chi connectivity index (χ3v) is 2.29. The predicted molar refractivity (Wildman–Crippen MR) is 53.8 cm³/mol. The Morgan fingerprint density at radius 3 is 2.69 bits per heavy atom. The van der Waals surface area contributed by atoms with Crippen LogP contribution in [0.15, 0.2) is 24.3 Å². The molecule has 2 N–H and O–H groups in total. The SMILES string of the molecule is CC(=O)[C@H](N)Cc1ccccc1Cl. The number of hydrogen-bond acceptors (Lipinski definition) is 2. The van der Waals surface area contributed by atoms with Crippen LogP contribution in [-0.4, -0.2) is 11.8 Å². The van der Waals surface area contributed by atoms with Gasteiger partial charge in [0.05, 0.1) is 6.04 Å². The maximum absolute atomic E-state index is 10.9. The summed E-state index contributed by atoms with van der Waals surface area (Å²) in [5, 5.41) is 0.666. The molecule has 0 radical (unpaired) electrons. The van der Waals surface area contributed by atoms with Crippen molar-refractivity contribution in [2.75, 3.05) is 0 Å². The summed E-state index contributed by atoms with van der Waals surface area (Å²) >= 11 is 5.91. The first kappa shape index (κ1) is 10.2. The van der Waals surface area contributed by atoms with Gasteiger partial charge >= 0.3 is 0 Å². The van der Waals surface area contributed by atoms with Gasteiger partial charge in [-0.3, -0.25) is 4.79 Å². The van der Waals surface area contributed by atoms with Crippen LogP contribution in [0.3, 0.4) is 0 Å². The van der Waals surface area contributed by atoms with Crippen LogP contribution in [-0.2, 0) is 11.2 Å². The summed E-state index contributed by atoms with van der Waals surface area (Å²) in [7, 11) is 0. The lowest BCUT2D eigenvalue weighted by Crippen LogP contribution is -2.30. The molecule has 0 bridgehead atoms. The highest BCUT2D eigenvalue weighted by molar-refractivity contribution is 6.31. The molecule has 0 spiro atoms. The van der Waals surface area contributed by atoms with Gasteiger partial charge in [-0.05, 0) is 25.0 Å². The molecule has 0 aromatic heterocycles. The molecule has 0 amide bonds. The standard InChI is InChI=1S/C10H12ClNO/c1-7(13)10(12)6-8-4-2-3-5-9(8)11/h2-5,10H,6,12H2,1H3/t10-/m1/s1. The van der Waals surface area contributed by atoms with E-state index in [1.165, 1.54) is 6.92 Å². The first-order valence-electron chi connectivity index (χ1n) is 4.10. The van der Waals surface area contributed by atoms with Crippen molar-refractivity contribution in [3.63, 3.8) is 0 Å². The highest BCUT2D eigenvalue weighted by atomic mass is 35.5. The first-order valence-corrected chi connectivity index (χ1v) is 4.48. The lowest BCUT2D eigenvalue weighted by atomic mass is 10.0. The van der Waals surface area contributed by atoms with Gasteiger partial charge in [-0.25, -0.2) is 0 Å². The average molecular weight is 198 g/mol. The van der Waals surface area contributed by atoms with E-state index in [9.17, 15) is 4.79 Å². The number of halogens is 1. The minimum atomic E-state index is -0.445. The van der Waals surface area contributed by atoms with E-state index in [0.29, 0.717) is 11.4 Å². The fourth-order valence-electron chi connectivity index (χ4n) is 1.04. The van der Waals surface area contributed by atoms with Gasteiger partial charge in [0, 0.05) is 5.02 Å². The summed E-state index contributed by atoms with van der Waals surface area (Å²) in [5.74, 6) is -0.0140. The first-order chi connectivity index (χ1) is 6.11. The molecule has 70 valence electrons. The van der Waals surface area contributed by atoms with Gasteiger partial charge in [0.1, 0.15) is 5.78 Å². The van der Waals surface area contributed by atoms with Gasteiger partial charge in [0.25, 0.3) is 0 Å². The zero-order valence-electron chi connectivity index (χ0n) is 7.46. The lowest BCUT2D eigenvalue weighted by Gasteiger charge is -2.08. The molecule has 0 aliphatic carbocycles. The summed E-state index contributed by atoms with van der Waals surface area (Å²) in [5.41, 5.74) is 6.53. The monoisotopic (exact) mass is 197 g/mol. The molecule has 1 atom stereocenters. The molecule has 3 heteroatoms. The largest absolute Gasteiger partial charge is 0.321 e. The molecular formula is C10H12ClNO. The van der Waals surface area contributed by atoms with E-state index < -0.39 is 6.04 Å². The Balaban J connectivity index is 2.74. The molecule has 0 saturated heterocycles. The molecule has 0 aliphatic rings. The quantitative estimate of drug-likeness (QED) is 0.803. The normalized spacial score (nSPS) is 12.5. The number of nitrogens with two attached hydrogens (primary N) is 1. The van der Waals surface area contributed by atoms with E-state index in [1.54, 1.807) is 6.07 Å². The van der Waals surface area contributed by atoms with Crippen molar-refractivity contribution >= 4 is 17.4 Å². The third-order valence-electron chi connectivity index (χ3n) is 1.92. The van der Waals surface area contributed by atoms with Crippen molar-refractivity contribution in [2.24, 2.45) is 5.73 Å². The Kier molecular flexibility index (Phi) is 3.46. The molecule has 0 saturated carbocycles. The van der Waals surface area contributed by atoms with Gasteiger partial charge in [0.15, 0.2) is 0 Å². The molecular weight excluding hydrogens is 186 g/mol. The molecule has 0 heterocycles. The minimum Gasteiger partial charge on any atom is -0.321 e. The number of hydrogen-bond donors (Lipinski definition) is 1. The van der Waals surface area contributed by atoms with Crippen LogP contribution in [0.1, 0.15) is 12.5 Å². The highest BCUT2D eigenvalue weighted by Gasteiger charge is 2.10. The molecule has 0 unspecified atom stereocenters. The van der Waals surface area contributed by atoms with Crippen molar-refractivity contribution in [3.05, 3.63) is 34.9 Å².